The first kappa shape index (κ1) is 23.4. The number of thiazole rings is 1. The van der Waals surface area contributed by atoms with E-state index in [2.05, 4.69) is 4.98 Å². The third-order valence-electron chi connectivity index (χ3n) is 6.01. The van der Waals surface area contributed by atoms with E-state index < -0.39 is 17.7 Å². The molecule has 1 atom stereocenters. The number of benzene rings is 3. The molecule has 0 radical (unpaired) electrons. The maximum atomic E-state index is 13.4. The Morgan fingerprint density at radius 2 is 1.67 bits per heavy atom. The van der Waals surface area contributed by atoms with Crippen LogP contribution in [0.2, 0.25) is 0 Å². The minimum Gasteiger partial charge on any atom is -0.507 e. The Balaban J connectivity index is 1.74. The molecular weight excluding hydrogens is 480 g/mol. The summed E-state index contributed by atoms with van der Waals surface area (Å²) in [7, 11) is 4.60. The molecule has 1 aliphatic heterocycles. The van der Waals surface area contributed by atoms with Crippen molar-refractivity contribution in [1.29, 1.82) is 0 Å². The number of ketones is 1. The van der Waals surface area contributed by atoms with Crippen LogP contribution < -0.4 is 19.1 Å². The number of carbonyl (C=O) groups excluding carboxylic acids is 2. The predicted molar refractivity (Wildman–Crippen MR) is 137 cm³/mol. The minimum absolute atomic E-state index is 0.0322. The number of rotatable bonds is 6. The van der Waals surface area contributed by atoms with E-state index in [9.17, 15) is 14.7 Å². The van der Waals surface area contributed by atoms with E-state index in [0.717, 1.165) is 4.70 Å². The smallest absolute Gasteiger partial charge is 0.301 e. The first-order valence-corrected chi connectivity index (χ1v) is 11.8. The summed E-state index contributed by atoms with van der Waals surface area (Å²) in [6, 6.07) is 18.2. The van der Waals surface area contributed by atoms with Gasteiger partial charge in [0.15, 0.2) is 16.6 Å². The second kappa shape index (κ2) is 9.35. The molecule has 0 unspecified atom stereocenters. The normalized spacial score (nSPS) is 17.0. The second-order valence-corrected chi connectivity index (χ2v) is 8.99. The van der Waals surface area contributed by atoms with Crippen LogP contribution in [0.5, 0.6) is 17.2 Å². The minimum atomic E-state index is -0.938. The van der Waals surface area contributed by atoms with Crippen molar-refractivity contribution < 1.29 is 28.9 Å². The van der Waals surface area contributed by atoms with E-state index in [1.54, 1.807) is 67.8 Å². The van der Waals surface area contributed by atoms with Gasteiger partial charge in [0.2, 0.25) is 0 Å². The number of aliphatic hydroxyl groups excluding tert-OH is 1. The van der Waals surface area contributed by atoms with Crippen LogP contribution in [0.25, 0.3) is 16.0 Å². The van der Waals surface area contributed by atoms with Gasteiger partial charge < -0.3 is 19.3 Å². The van der Waals surface area contributed by atoms with Gasteiger partial charge in [0.1, 0.15) is 11.5 Å². The van der Waals surface area contributed by atoms with Crippen LogP contribution in [0.15, 0.2) is 72.3 Å². The Labute approximate surface area is 211 Å². The van der Waals surface area contributed by atoms with Crippen molar-refractivity contribution in [3.8, 4) is 17.2 Å². The third-order valence-corrected chi connectivity index (χ3v) is 7.02. The summed E-state index contributed by atoms with van der Waals surface area (Å²) in [5.74, 6) is -0.270. The third kappa shape index (κ3) is 3.83. The van der Waals surface area contributed by atoms with E-state index in [1.165, 1.54) is 30.5 Å². The topological polar surface area (TPSA) is 98.2 Å². The van der Waals surface area contributed by atoms with Crippen molar-refractivity contribution in [3.05, 3.63) is 83.4 Å². The van der Waals surface area contributed by atoms with Crippen LogP contribution in [-0.2, 0) is 9.59 Å². The van der Waals surface area contributed by atoms with Crippen molar-refractivity contribution in [2.45, 2.75) is 6.04 Å². The van der Waals surface area contributed by atoms with Gasteiger partial charge >= 0.3 is 5.91 Å². The average Bonchev–Trinajstić information content (AvgIpc) is 3.45. The van der Waals surface area contributed by atoms with Crippen molar-refractivity contribution in [3.63, 3.8) is 0 Å². The predicted octanol–water partition coefficient (Wildman–Crippen LogP) is 4.95. The maximum absolute atomic E-state index is 13.4. The molecule has 9 heteroatoms. The summed E-state index contributed by atoms with van der Waals surface area (Å²) in [6.07, 6.45) is 0. The van der Waals surface area contributed by atoms with E-state index in [-0.39, 0.29) is 11.3 Å². The van der Waals surface area contributed by atoms with Crippen molar-refractivity contribution in [2.24, 2.45) is 0 Å². The number of aliphatic hydroxyl groups is 1. The van der Waals surface area contributed by atoms with Gasteiger partial charge in [-0.1, -0.05) is 47.7 Å². The molecule has 182 valence electrons. The number of aromatic nitrogens is 1. The van der Waals surface area contributed by atoms with Gasteiger partial charge in [0.05, 0.1) is 43.2 Å². The van der Waals surface area contributed by atoms with E-state index in [0.29, 0.717) is 39.0 Å². The van der Waals surface area contributed by atoms with Crippen LogP contribution in [-0.4, -0.2) is 43.1 Å². The molecule has 1 saturated heterocycles. The van der Waals surface area contributed by atoms with Crippen LogP contribution in [0, 0.1) is 0 Å². The van der Waals surface area contributed by atoms with Gasteiger partial charge in [0.25, 0.3) is 5.78 Å². The van der Waals surface area contributed by atoms with Gasteiger partial charge in [-0.15, -0.1) is 0 Å². The van der Waals surface area contributed by atoms with E-state index in [4.69, 9.17) is 14.2 Å². The lowest BCUT2D eigenvalue weighted by atomic mass is 9.95. The van der Waals surface area contributed by atoms with Gasteiger partial charge in [-0.05, 0) is 35.9 Å². The van der Waals surface area contributed by atoms with Crippen molar-refractivity contribution in [1.82, 2.24) is 4.98 Å². The second-order valence-electron chi connectivity index (χ2n) is 7.98. The number of nitrogens with zero attached hydrogens (tertiary/aromatic N) is 2. The number of amides is 1. The number of ether oxygens (including phenoxy) is 3. The van der Waals surface area contributed by atoms with Gasteiger partial charge in [-0.2, -0.15) is 0 Å². The largest absolute Gasteiger partial charge is 0.507 e. The highest BCUT2D eigenvalue weighted by Gasteiger charge is 2.48. The Kier molecular flexibility index (Phi) is 6.07. The maximum Gasteiger partial charge on any atom is 0.301 e. The molecule has 2 heterocycles. The molecular formula is C27H22N2O6S. The standard InChI is InChI=1S/C27H22N2O6S/c1-33-17-10-11-18-21(14-17)36-27(28-18)29-23(16-9-12-19(34-2)20(13-16)35-3)22(25(31)26(29)32)24(30)15-7-5-4-6-8-15/h4-14,23,30H,1-3H3/b24-22+/t23-/m1/s1. The van der Waals surface area contributed by atoms with Crippen LogP contribution in [0.1, 0.15) is 17.2 Å². The highest BCUT2D eigenvalue weighted by atomic mass is 32.1. The molecule has 1 N–H and O–H groups in total. The number of hydrogen-bond donors (Lipinski definition) is 1. The summed E-state index contributed by atoms with van der Waals surface area (Å²) in [4.78, 5) is 32.8. The number of anilines is 1. The molecule has 0 saturated carbocycles. The summed E-state index contributed by atoms with van der Waals surface area (Å²) in [5.41, 5.74) is 1.61. The molecule has 1 aliphatic rings. The van der Waals surface area contributed by atoms with Crippen molar-refractivity contribution >= 4 is 44.1 Å². The summed E-state index contributed by atoms with van der Waals surface area (Å²) in [5, 5.41) is 11.6. The van der Waals surface area contributed by atoms with Gasteiger partial charge in [0, 0.05) is 5.56 Å². The molecule has 1 fully saturated rings. The monoisotopic (exact) mass is 502 g/mol. The fourth-order valence-corrected chi connectivity index (χ4v) is 5.26. The number of methoxy groups -OCH3 is 3. The molecule has 0 aliphatic carbocycles. The van der Waals surface area contributed by atoms with Gasteiger partial charge in [-0.25, -0.2) is 4.98 Å². The molecule has 36 heavy (non-hydrogen) atoms. The Morgan fingerprint density at radius 1 is 0.917 bits per heavy atom. The highest BCUT2D eigenvalue weighted by Crippen LogP contribution is 2.46. The fraction of sp³-hybridized carbons (Fsp3) is 0.148. The lowest BCUT2D eigenvalue weighted by molar-refractivity contribution is -0.132. The van der Waals surface area contributed by atoms with Gasteiger partial charge in [-0.3, -0.25) is 14.5 Å². The molecule has 1 aromatic heterocycles. The highest BCUT2D eigenvalue weighted by molar-refractivity contribution is 7.22. The van der Waals surface area contributed by atoms with Crippen LogP contribution in [0.3, 0.4) is 0 Å². The fourth-order valence-electron chi connectivity index (χ4n) is 4.24. The summed E-state index contributed by atoms with van der Waals surface area (Å²) < 4.78 is 16.9. The Hall–Kier alpha value is -4.37. The summed E-state index contributed by atoms with van der Waals surface area (Å²) >= 11 is 1.26. The molecule has 4 aromatic rings. The zero-order chi connectivity index (χ0) is 25.4. The van der Waals surface area contributed by atoms with Crippen molar-refractivity contribution in [2.75, 3.05) is 26.2 Å². The molecule has 0 bridgehead atoms. The molecule has 8 nitrogen and oxygen atoms in total. The Bertz CT molecular complexity index is 1510. The number of Topliss-reactive ketones (excluding diaryl/α,β-unsaturated/α-hetero) is 1. The molecule has 0 spiro atoms. The van der Waals surface area contributed by atoms with Crippen LogP contribution in [0.4, 0.5) is 5.13 Å². The number of fused-ring (bicyclic) bond motifs is 1. The van der Waals surface area contributed by atoms with Crippen LogP contribution >= 0.6 is 11.3 Å². The quantitative estimate of drug-likeness (QED) is 0.226. The first-order valence-electron chi connectivity index (χ1n) is 11.0. The van der Waals surface area contributed by atoms with E-state index in [1.807, 2.05) is 6.07 Å². The zero-order valence-electron chi connectivity index (χ0n) is 19.7. The molecule has 3 aromatic carbocycles. The summed E-state index contributed by atoms with van der Waals surface area (Å²) in [6.45, 7) is 0. The number of carbonyl (C=O) groups is 2. The lowest BCUT2D eigenvalue weighted by Crippen LogP contribution is -2.29. The average molecular weight is 503 g/mol. The zero-order valence-corrected chi connectivity index (χ0v) is 20.5. The number of hydrogen-bond acceptors (Lipinski definition) is 8. The molecule has 5 rings (SSSR count). The Morgan fingerprint density at radius 3 is 2.36 bits per heavy atom. The van der Waals surface area contributed by atoms with E-state index >= 15 is 0 Å². The lowest BCUT2D eigenvalue weighted by Gasteiger charge is -2.23. The molecule has 1 amide bonds. The SMILES string of the molecule is COc1ccc2nc(N3C(=O)C(=O)/C(=C(/O)c4ccccc4)[C@H]3c3ccc(OC)c(OC)c3)sc2c1. The first-order chi connectivity index (χ1) is 17.5.